The zero-order valence-electron chi connectivity index (χ0n) is 13.1. The van der Waals surface area contributed by atoms with Gasteiger partial charge in [0, 0.05) is 6.54 Å². The number of likely N-dealkylation sites (tertiary alicyclic amines) is 1. The van der Waals surface area contributed by atoms with Gasteiger partial charge in [0.2, 0.25) is 0 Å². The van der Waals surface area contributed by atoms with Gasteiger partial charge in [-0.3, -0.25) is 9.69 Å². The Labute approximate surface area is 134 Å². The standard InChI is InChI=1S/C16H19NO6/c1-21-14(18)12-8-13(15(19)22-2)17(9-12)16(20)23-10-11-6-4-3-5-7-11/h3-7,12-13H,8-10H2,1-2H3/t12?,13-/m0/s1. The van der Waals surface area contributed by atoms with Crippen molar-refractivity contribution in [2.75, 3.05) is 20.8 Å². The van der Waals surface area contributed by atoms with Crippen LogP contribution in [0.4, 0.5) is 4.79 Å². The summed E-state index contributed by atoms with van der Waals surface area (Å²) in [7, 11) is 2.51. The molecule has 1 heterocycles. The van der Waals surface area contributed by atoms with Crippen LogP contribution in [-0.2, 0) is 30.4 Å². The molecule has 1 amide bonds. The number of carbonyl (C=O) groups is 3. The largest absolute Gasteiger partial charge is 0.469 e. The highest BCUT2D eigenvalue weighted by Gasteiger charge is 2.44. The number of benzene rings is 1. The highest BCUT2D eigenvalue weighted by atomic mass is 16.6. The van der Waals surface area contributed by atoms with Crippen LogP contribution < -0.4 is 0 Å². The van der Waals surface area contributed by atoms with Crippen LogP contribution in [0.5, 0.6) is 0 Å². The third kappa shape index (κ3) is 4.00. The van der Waals surface area contributed by atoms with Crippen molar-refractivity contribution in [1.82, 2.24) is 4.90 Å². The lowest BCUT2D eigenvalue weighted by Crippen LogP contribution is -2.41. The van der Waals surface area contributed by atoms with Crippen LogP contribution >= 0.6 is 0 Å². The Kier molecular flexibility index (Phi) is 5.56. The Morgan fingerprint density at radius 2 is 1.74 bits per heavy atom. The van der Waals surface area contributed by atoms with Crippen LogP contribution in [0.15, 0.2) is 30.3 Å². The van der Waals surface area contributed by atoms with E-state index in [1.807, 2.05) is 30.3 Å². The summed E-state index contributed by atoms with van der Waals surface area (Å²) in [5, 5.41) is 0. The van der Waals surface area contributed by atoms with E-state index in [9.17, 15) is 14.4 Å². The van der Waals surface area contributed by atoms with Gasteiger partial charge >= 0.3 is 18.0 Å². The van der Waals surface area contributed by atoms with E-state index in [2.05, 4.69) is 4.74 Å². The lowest BCUT2D eigenvalue weighted by atomic mass is 10.1. The second kappa shape index (κ2) is 7.62. The predicted octanol–water partition coefficient (Wildman–Crippen LogP) is 1.36. The van der Waals surface area contributed by atoms with Crippen molar-refractivity contribution in [3.8, 4) is 0 Å². The molecule has 1 aromatic rings. The number of amides is 1. The van der Waals surface area contributed by atoms with E-state index in [0.717, 1.165) is 5.56 Å². The summed E-state index contributed by atoms with van der Waals surface area (Å²) in [6, 6.07) is 8.35. The molecule has 0 aliphatic carbocycles. The molecule has 0 saturated carbocycles. The number of nitrogens with zero attached hydrogens (tertiary/aromatic N) is 1. The summed E-state index contributed by atoms with van der Waals surface area (Å²) >= 11 is 0. The maximum absolute atomic E-state index is 12.2. The van der Waals surface area contributed by atoms with E-state index >= 15 is 0 Å². The zero-order chi connectivity index (χ0) is 16.8. The van der Waals surface area contributed by atoms with Gasteiger partial charge in [0.1, 0.15) is 12.6 Å². The molecule has 1 aromatic carbocycles. The Morgan fingerprint density at radius 3 is 2.35 bits per heavy atom. The van der Waals surface area contributed by atoms with Crippen LogP contribution in [0.2, 0.25) is 0 Å². The molecule has 0 N–H and O–H groups in total. The summed E-state index contributed by atoms with van der Waals surface area (Å²) in [5.74, 6) is -1.60. The van der Waals surface area contributed by atoms with E-state index in [4.69, 9.17) is 9.47 Å². The molecule has 0 aromatic heterocycles. The first-order valence-electron chi connectivity index (χ1n) is 7.19. The molecule has 7 nitrogen and oxygen atoms in total. The van der Waals surface area contributed by atoms with E-state index < -0.39 is 30.0 Å². The van der Waals surface area contributed by atoms with Gasteiger partial charge in [0.25, 0.3) is 0 Å². The van der Waals surface area contributed by atoms with Gasteiger partial charge in [0.05, 0.1) is 20.1 Å². The summed E-state index contributed by atoms with van der Waals surface area (Å²) < 4.78 is 14.6. The molecule has 7 heteroatoms. The first-order chi connectivity index (χ1) is 11.1. The van der Waals surface area contributed by atoms with E-state index in [-0.39, 0.29) is 19.6 Å². The third-order valence-corrected chi connectivity index (χ3v) is 3.75. The molecule has 2 rings (SSSR count). The van der Waals surface area contributed by atoms with Crippen LogP contribution in [0.25, 0.3) is 0 Å². The van der Waals surface area contributed by atoms with Crippen molar-refractivity contribution in [3.05, 3.63) is 35.9 Å². The van der Waals surface area contributed by atoms with Crippen LogP contribution in [0.1, 0.15) is 12.0 Å². The second-order valence-corrected chi connectivity index (χ2v) is 5.19. The maximum Gasteiger partial charge on any atom is 0.410 e. The molecule has 1 aliphatic rings. The molecule has 1 aliphatic heterocycles. The normalized spacial score (nSPS) is 20.0. The number of hydrogen-bond acceptors (Lipinski definition) is 6. The van der Waals surface area contributed by atoms with Crippen molar-refractivity contribution < 1.29 is 28.6 Å². The molecule has 0 radical (unpaired) electrons. The molecule has 1 fully saturated rings. The van der Waals surface area contributed by atoms with Crippen LogP contribution in [-0.4, -0.2) is 49.7 Å². The van der Waals surface area contributed by atoms with Crippen LogP contribution in [0.3, 0.4) is 0 Å². The minimum Gasteiger partial charge on any atom is -0.469 e. The number of ether oxygens (including phenoxy) is 3. The fraction of sp³-hybridized carbons (Fsp3) is 0.438. The van der Waals surface area contributed by atoms with Crippen molar-refractivity contribution in [2.24, 2.45) is 5.92 Å². The highest BCUT2D eigenvalue weighted by molar-refractivity contribution is 5.85. The fourth-order valence-electron chi connectivity index (χ4n) is 2.54. The minimum absolute atomic E-state index is 0.0695. The first kappa shape index (κ1) is 16.8. The van der Waals surface area contributed by atoms with Crippen LogP contribution in [0, 0.1) is 5.92 Å². The van der Waals surface area contributed by atoms with Crippen molar-refractivity contribution in [1.29, 1.82) is 0 Å². The quantitative estimate of drug-likeness (QED) is 0.615. The summed E-state index contributed by atoms with van der Waals surface area (Å²) in [6.07, 6.45) is -0.490. The first-order valence-corrected chi connectivity index (χ1v) is 7.19. The van der Waals surface area contributed by atoms with Crippen molar-refractivity contribution in [3.63, 3.8) is 0 Å². The summed E-state index contributed by atoms with van der Waals surface area (Å²) in [5.41, 5.74) is 0.833. The minimum atomic E-state index is -0.840. The fourth-order valence-corrected chi connectivity index (χ4v) is 2.54. The number of carbonyl (C=O) groups excluding carboxylic acids is 3. The van der Waals surface area contributed by atoms with Gasteiger partial charge in [0.15, 0.2) is 0 Å². The number of hydrogen-bond donors (Lipinski definition) is 0. The van der Waals surface area contributed by atoms with Gasteiger partial charge in [-0.2, -0.15) is 0 Å². The molecule has 1 saturated heterocycles. The smallest absolute Gasteiger partial charge is 0.410 e. The second-order valence-electron chi connectivity index (χ2n) is 5.19. The summed E-state index contributed by atoms with van der Waals surface area (Å²) in [4.78, 5) is 37.0. The van der Waals surface area contributed by atoms with Gasteiger partial charge in [-0.15, -0.1) is 0 Å². The van der Waals surface area contributed by atoms with Gasteiger partial charge in [-0.05, 0) is 12.0 Å². The molecular formula is C16H19NO6. The Hall–Kier alpha value is -2.57. The van der Waals surface area contributed by atoms with E-state index in [0.29, 0.717) is 0 Å². The zero-order valence-corrected chi connectivity index (χ0v) is 13.1. The molecule has 2 atom stereocenters. The average molecular weight is 321 g/mol. The Morgan fingerprint density at radius 1 is 1.09 bits per heavy atom. The molecular weight excluding hydrogens is 302 g/mol. The number of methoxy groups -OCH3 is 2. The molecule has 124 valence electrons. The lowest BCUT2D eigenvalue weighted by Gasteiger charge is -2.21. The van der Waals surface area contributed by atoms with Crippen molar-refractivity contribution in [2.45, 2.75) is 19.1 Å². The van der Waals surface area contributed by atoms with Crippen molar-refractivity contribution >= 4 is 18.0 Å². The van der Waals surface area contributed by atoms with Gasteiger partial charge < -0.3 is 14.2 Å². The summed E-state index contributed by atoms with van der Waals surface area (Å²) in [6.45, 7) is 0.160. The van der Waals surface area contributed by atoms with E-state index in [1.54, 1.807) is 0 Å². The number of esters is 2. The number of rotatable bonds is 4. The lowest BCUT2D eigenvalue weighted by molar-refractivity contribution is -0.145. The molecule has 23 heavy (non-hydrogen) atoms. The molecule has 1 unspecified atom stereocenters. The SMILES string of the molecule is COC(=O)C1C[C@@H](C(=O)OC)N(C(=O)OCc2ccccc2)C1. The predicted molar refractivity (Wildman–Crippen MR) is 79.3 cm³/mol. The highest BCUT2D eigenvalue weighted by Crippen LogP contribution is 2.26. The topological polar surface area (TPSA) is 82.1 Å². The Bertz CT molecular complexity index is 573. The Balaban J connectivity index is 2.03. The van der Waals surface area contributed by atoms with E-state index in [1.165, 1.54) is 19.1 Å². The molecule has 0 bridgehead atoms. The average Bonchev–Trinajstić information content (AvgIpc) is 3.04. The maximum atomic E-state index is 12.2. The van der Waals surface area contributed by atoms with Gasteiger partial charge in [-0.25, -0.2) is 9.59 Å². The van der Waals surface area contributed by atoms with Gasteiger partial charge in [-0.1, -0.05) is 30.3 Å². The monoisotopic (exact) mass is 321 g/mol. The molecule has 0 spiro atoms. The third-order valence-electron chi connectivity index (χ3n) is 3.75.